The van der Waals surface area contributed by atoms with E-state index >= 15 is 0 Å². The van der Waals surface area contributed by atoms with Crippen molar-refractivity contribution in [3.05, 3.63) is 24.2 Å². The topological polar surface area (TPSA) is 30.7 Å². The smallest absolute Gasteiger partial charge is 0.160 e. The third-order valence-corrected chi connectivity index (χ3v) is 4.40. The Balaban J connectivity index is 1.98. The Kier molecular flexibility index (Phi) is 3.25. The minimum absolute atomic E-state index is 0.456. The summed E-state index contributed by atoms with van der Waals surface area (Å²) in [7, 11) is 0. The fourth-order valence-electron chi connectivity index (χ4n) is 3.03. The Bertz CT molecular complexity index is 549. The predicted octanol–water partition coefficient (Wildman–Crippen LogP) is 3.61. The summed E-state index contributed by atoms with van der Waals surface area (Å²) in [6.07, 6.45) is 5.84. The van der Waals surface area contributed by atoms with Crippen molar-refractivity contribution >= 4 is 22.8 Å². The highest BCUT2D eigenvalue weighted by Crippen LogP contribution is 2.33. The highest BCUT2D eigenvalue weighted by molar-refractivity contribution is 6.16. The van der Waals surface area contributed by atoms with Gasteiger partial charge >= 0.3 is 0 Å². The molecule has 2 unspecified atom stereocenters. The van der Waals surface area contributed by atoms with Gasteiger partial charge in [-0.2, -0.15) is 0 Å². The van der Waals surface area contributed by atoms with Crippen molar-refractivity contribution in [3.63, 3.8) is 0 Å². The van der Waals surface area contributed by atoms with E-state index < -0.39 is 0 Å². The number of imidazole rings is 1. The highest BCUT2D eigenvalue weighted by atomic mass is 35.5. The first-order chi connectivity index (χ1) is 8.79. The summed E-state index contributed by atoms with van der Waals surface area (Å²) in [4.78, 5) is 9.03. The molecule has 1 aliphatic rings. The van der Waals surface area contributed by atoms with Gasteiger partial charge < -0.3 is 4.57 Å². The molecule has 2 aromatic rings. The normalized spacial score (nSPS) is 23.9. The zero-order chi connectivity index (χ0) is 12.5. The Labute approximate surface area is 112 Å². The van der Waals surface area contributed by atoms with Gasteiger partial charge in [-0.25, -0.2) is 9.97 Å². The fraction of sp³-hybridized carbons (Fsp3) is 0.571. The average molecular weight is 264 g/mol. The number of alkyl halides is 1. The Morgan fingerprint density at radius 3 is 3.06 bits per heavy atom. The fourth-order valence-corrected chi connectivity index (χ4v) is 3.23. The van der Waals surface area contributed by atoms with Gasteiger partial charge in [0, 0.05) is 12.7 Å². The van der Waals surface area contributed by atoms with E-state index in [0.29, 0.717) is 5.88 Å². The van der Waals surface area contributed by atoms with Gasteiger partial charge in [0.05, 0.1) is 5.88 Å². The molecule has 1 aliphatic carbocycles. The summed E-state index contributed by atoms with van der Waals surface area (Å²) in [5, 5.41) is 0. The molecule has 3 nitrogen and oxygen atoms in total. The Morgan fingerprint density at radius 2 is 2.33 bits per heavy atom. The maximum atomic E-state index is 6.01. The van der Waals surface area contributed by atoms with Gasteiger partial charge in [-0.3, -0.25) is 0 Å². The number of hydrogen-bond acceptors (Lipinski definition) is 2. The van der Waals surface area contributed by atoms with Crippen molar-refractivity contribution in [1.82, 2.24) is 14.5 Å². The van der Waals surface area contributed by atoms with Gasteiger partial charge in [0.1, 0.15) is 11.3 Å². The quantitative estimate of drug-likeness (QED) is 0.792. The van der Waals surface area contributed by atoms with Crippen molar-refractivity contribution < 1.29 is 0 Å². The average Bonchev–Trinajstić information content (AvgIpc) is 2.95. The molecule has 96 valence electrons. The van der Waals surface area contributed by atoms with Crippen LogP contribution >= 0.6 is 11.6 Å². The van der Waals surface area contributed by atoms with Crippen molar-refractivity contribution in [2.75, 3.05) is 0 Å². The molecule has 18 heavy (non-hydrogen) atoms. The van der Waals surface area contributed by atoms with E-state index in [1.165, 1.54) is 19.3 Å². The van der Waals surface area contributed by atoms with Gasteiger partial charge in [-0.1, -0.05) is 19.8 Å². The van der Waals surface area contributed by atoms with Crippen LogP contribution in [0.4, 0.5) is 0 Å². The molecule has 0 amide bonds. The van der Waals surface area contributed by atoms with Crippen LogP contribution in [0.1, 0.15) is 32.0 Å². The van der Waals surface area contributed by atoms with Crippen LogP contribution in [0.25, 0.3) is 11.2 Å². The molecule has 1 fully saturated rings. The molecule has 0 spiro atoms. The zero-order valence-corrected chi connectivity index (χ0v) is 11.4. The van der Waals surface area contributed by atoms with Crippen LogP contribution in [0, 0.1) is 11.8 Å². The summed E-state index contributed by atoms with van der Waals surface area (Å²) < 4.78 is 2.22. The van der Waals surface area contributed by atoms with Gasteiger partial charge in [0.25, 0.3) is 0 Å². The molecule has 2 aromatic heterocycles. The van der Waals surface area contributed by atoms with Crippen LogP contribution in [-0.4, -0.2) is 14.5 Å². The second-order valence-corrected chi connectivity index (χ2v) is 5.55. The molecule has 0 radical (unpaired) electrons. The molecule has 2 heterocycles. The molecule has 4 heteroatoms. The van der Waals surface area contributed by atoms with Gasteiger partial charge in [-0.05, 0) is 30.4 Å². The number of hydrogen-bond donors (Lipinski definition) is 0. The Hall–Kier alpha value is -1.09. The molecule has 1 saturated carbocycles. The first kappa shape index (κ1) is 12.0. The zero-order valence-electron chi connectivity index (χ0n) is 10.6. The second kappa shape index (κ2) is 4.88. The van der Waals surface area contributed by atoms with Crippen LogP contribution < -0.4 is 0 Å². The molecule has 0 aliphatic heterocycles. The van der Waals surface area contributed by atoms with E-state index in [4.69, 9.17) is 11.6 Å². The SMILES string of the molecule is CC1CCCC1Cn1c(CCl)nc2cccnc21. The van der Waals surface area contributed by atoms with Crippen molar-refractivity contribution in [3.8, 4) is 0 Å². The molecule has 3 rings (SSSR count). The van der Waals surface area contributed by atoms with Crippen molar-refractivity contribution in [2.45, 2.75) is 38.6 Å². The van der Waals surface area contributed by atoms with Crippen LogP contribution in [0.5, 0.6) is 0 Å². The largest absolute Gasteiger partial charge is 0.311 e. The molecule has 0 aromatic carbocycles. The number of rotatable bonds is 3. The molecule has 2 atom stereocenters. The first-order valence-electron chi connectivity index (χ1n) is 6.65. The molecular formula is C14H18ClN3. The van der Waals surface area contributed by atoms with E-state index in [1.54, 1.807) is 0 Å². The van der Waals surface area contributed by atoms with Crippen molar-refractivity contribution in [2.24, 2.45) is 11.8 Å². The van der Waals surface area contributed by atoms with E-state index in [1.807, 2.05) is 18.3 Å². The lowest BCUT2D eigenvalue weighted by Gasteiger charge is -2.17. The summed E-state index contributed by atoms with van der Waals surface area (Å²) in [5.74, 6) is 2.95. The van der Waals surface area contributed by atoms with Crippen molar-refractivity contribution in [1.29, 1.82) is 0 Å². The second-order valence-electron chi connectivity index (χ2n) is 5.29. The summed E-state index contributed by atoms with van der Waals surface area (Å²) >= 11 is 6.01. The number of pyridine rings is 1. The third kappa shape index (κ3) is 2.01. The molecule has 0 saturated heterocycles. The van der Waals surface area contributed by atoms with Gasteiger partial charge in [-0.15, -0.1) is 11.6 Å². The highest BCUT2D eigenvalue weighted by Gasteiger charge is 2.25. The Morgan fingerprint density at radius 1 is 1.44 bits per heavy atom. The lowest BCUT2D eigenvalue weighted by molar-refractivity contribution is 0.364. The van der Waals surface area contributed by atoms with Crippen LogP contribution in [0.15, 0.2) is 18.3 Å². The summed E-state index contributed by atoms with van der Waals surface area (Å²) in [5.41, 5.74) is 1.94. The minimum Gasteiger partial charge on any atom is -0.311 e. The standard InChI is InChI=1S/C14H18ClN3/c1-10-4-2-5-11(10)9-18-13(8-15)17-12-6-3-7-16-14(12)18/h3,6-7,10-11H,2,4-5,8-9H2,1H3. The van der Waals surface area contributed by atoms with E-state index in [2.05, 4.69) is 21.5 Å². The third-order valence-electron chi connectivity index (χ3n) is 4.16. The van der Waals surface area contributed by atoms with E-state index in [0.717, 1.165) is 35.4 Å². The van der Waals surface area contributed by atoms with Gasteiger partial charge in [0.2, 0.25) is 0 Å². The monoisotopic (exact) mass is 263 g/mol. The lowest BCUT2D eigenvalue weighted by Crippen LogP contribution is -2.15. The van der Waals surface area contributed by atoms with E-state index in [9.17, 15) is 0 Å². The maximum absolute atomic E-state index is 6.01. The summed E-state index contributed by atoms with van der Waals surface area (Å²) in [6, 6.07) is 3.93. The van der Waals surface area contributed by atoms with Crippen LogP contribution in [0.2, 0.25) is 0 Å². The lowest BCUT2D eigenvalue weighted by atomic mass is 9.98. The summed E-state index contributed by atoms with van der Waals surface area (Å²) in [6.45, 7) is 3.36. The first-order valence-corrected chi connectivity index (χ1v) is 7.19. The number of fused-ring (bicyclic) bond motifs is 1. The van der Waals surface area contributed by atoms with Crippen LogP contribution in [-0.2, 0) is 12.4 Å². The predicted molar refractivity (Wildman–Crippen MR) is 73.6 cm³/mol. The molecule has 0 N–H and O–H groups in total. The molecular weight excluding hydrogens is 246 g/mol. The maximum Gasteiger partial charge on any atom is 0.160 e. The van der Waals surface area contributed by atoms with E-state index in [-0.39, 0.29) is 0 Å². The van der Waals surface area contributed by atoms with Crippen LogP contribution in [0.3, 0.4) is 0 Å². The minimum atomic E-state index is 0.456. The molecule has 0 bridgehead atoms. The number of nitrogens with zero attached hydrogens (tertiary/aromatic N) is 3. The number of halogens is 1. The number of aromatic nitrogens is 3. The van der Waals surface area contributed by atoms with Gasteiger partial charge in [0.15, 0.2) is 5.65 Å².